The molecule has 0 aromatic carbocycles. The van der Waals surface area contributed by atoms with E-state index in [-0.39, 0.29) is 5.01 Å². The summed E-state index contributed by atoms with van der Waals surface area (Å²) >= 11 is 3.49. The number of halogens is 1. The van der Waals surface area contributed by atoms with Crippen molar-refractivity contribution in [1.29, 1.82) is 0 Å². The van der Waals surface area contributed by atoms with Crippen LogP contribution in [0.15, 0.2) is 0 Å². The molecular formula is C9H17BrO. The summed E-state index contributed by atoms with van der Waals surface area (Å²) in [5.41, 5.74) is 0. The Bertz CT molecular complexity index is 99.7. The highest BCUT2D eigenvalue weighted by Crippen LogP contribution is 2.23. The van der Waals surface area contributed by atoms with E-state index in [1.807, 2.05) is 0 Å². The first-order chi connectivity index (χ1) is 5.33. The maximum Gasteiger partial charge on any atom is 0.112 e. The molecule has 0 heterocycles. The van der Waals surface area contributed by atoms with E-state index >= 15 is 0 Å². The van der Waals surface area contributed by atoms with Gasteiger partial charge in [-0.05, 0) is 19.3 Å². The lowest BCUT2D eigenvalue weighted by Crippen LogP contribution is -2.20. The van der Waals surface area contributed by atoms with Crippen molar-refractivity contribution in [1.82, 2.24) is 0 Å². The molecule has 0 aromatic rings. The predicted octanol–water partition coefficient (Wildman–Crippen LogP) is 3.47. The lowest BCUT2D eigenvalue weighted by molar-refractivity contribution is 0.0144. The molecule has 0 radical (unpaired) electrons. The van der Waals surface area contributed by atoms with Crippen LogP contribution in [0.1, 0.15) is 45.4 Å². The molecule has 0 aliphatic heterocycles. The lowest BCUT2D eigenvalue weighted by atomic mass is 9.98. The Hall–Kier alpha value is 0.440. The predicted molar refractivity (Wildman–Crippen MR) is 51.0 cm³/mol. The molecule has 1 atom stereocenters. The Balaban J connectivity index is 2.13. The van der Waals surface area contributed by atoms with Crippen LogP contribution in [0.4, 0.5) is 0 Å². The standard InChI is InChI=1S/C9H17BrO/c1-2-9(10)11-8-6-4-3-5-7-8/h8-9H,2-7H2,1H3. The molecule has 0 amide bonds. The van der Waals surface area contributed by atoms with E-state index < -0.39 is 0 Å². The maximum atomic E-state index is 5.76. The summed E-state index contributed by atoms with van der Waals surface area (Å²) in [4.78, 5) is 0. The van der Waals surface area contributed by atoms with Crippen LogP contribution < -0.4 is 0 Å². The molecule has 0 N–H and O–H groups in total. The number of ether oxygens (including phenoxy) is 1. The van der Waals surface area contributed by atoms with Crippen molar-refractivity contribution in [3.05, 3.63) is 0 Å². The minimum Gasteiger partial charge on any atom is -0.364 e. The van der Waals surface area contributed by atoms with Crippen LogP contribution in [0.25, 0.3) is 0 Å². The minimum absolute atomic E-state index is 0.283. The van der Waals surface area contributed by atoms with Gasteiger partial charge in [0.15, 0.2) is 0 Å². The van der Waals surface area contributed by atoms with Gasteiger partial charge in [-0.15, -0.1) is 0 Å². The summed E-state index contributed by atoms with van der Waals surface area (Å²) in [5.74, 6) is 0. The number of alkyl halides is 1. The van der Waals surface area contributed by atoms with Gasteiger partial charge in [-0.1, -0.05) is 42.1 Å². The first-order valence-corrected chi connectivity index (χ1v) is 5.54. The molecule has 11 heavy (non-hydrogen) atoms. The third-order valence-corrected chi connectivity index (χ3v) is 3.08. The van der Waals surface area contributed by atoms with Crippen LogP contribution in [0.3, 0.4) is 0 Å². The molecule has 1 aliphatic rings. The first-order valence-electron chi connectivity index (χ1n) is 4.62. The van der Waals surface area contributed by atoms with E-state index in [0.717, 1.165) is 6.42 Å². The average Bonchev–Trinajstić information content (AvgIpc) is 2.06. The van der Waals surface area contributed by atoms with Gasteiger partial charge >= 0.3 is 0 Å². The summed E-state index contributed by atoms with van der Waals surface area (Å²) in [5, 5.41) is 0.283. The molecule has 0 saturated heterocycles. The fourth-order valence-corrected chi connectivity index (χ4v) is 1.81. The second-order valence-corrected chi connectivity index (χ2v) is 4.24. The van der Waals surface area contributed by atoms with Gasteiger partial charge in [-0.25, -0.2) is 0 Å². The zero-order valence-electron chi connectivity index (χ0n) is 7.18. The second-order valence-electron chi connectivity index (χ2n) is 3.21. The van der Waals surface area contributed by atoms with Crippen LogP contribution in [0, 0.1) is 0 Å². The molecule has 1 rings (SSSR count). The SMILES string of the molecule is CCC(Br)OC1CCCCC1. The third kappa shape index (κ3) is 3.57. The Morgan fingerprint density at radius 3 is 2.55 bits per heavy atom. The molecule has 1 nitrogen and oxygen atoms in total. The molecular weight excluding hydrogens is 204 g/mol. The third-order valence-electron chi connectivity index (χ3n) is 2.21. The fraction of sp³-hybridized carbons (Fsp3) is 1.00. The molecule has 1 saturated carbocycles. The van der Waals surface area contributed by atoms with Crippen molar-refractivity contribution in [3.63, 3.8) is 0 Å². The molecule has 1 aliphatic carbocycles. The maximum absolute atomic E-state index is 5.76. The monoisotopic (exact) mass is 220 g/mol. The summed E-state index contributed by atoms with van der Waals surface area (Å²) in [6.07, 6.45) is 8.25. The van der Waals surface area contributed by atoms with Gasteiger partial charge in [0.25, 0.3) is 0 Å². The van der Waals surface area contributed by atoms with Crippen molar-refractivity contribution in [3.8, 4) is 0 Å². The molecule has 0 aromatic heterocycles. The van der Waals surface area contributed by atoms with Crippen molar-refractivity contribution in [2.24, 2.45) is 0 Å². The zero-order chi connectivity index (χ0) is 8.10. The number of rotatable bonds is 3. The van der Waals surface area contributed by atoms with E-state index in [1.165, 1.54) is 32.1 Å². The highest BCUT2D eigenvalue weighted by atomic mass is 79.9. The van der Waals surface area contributed by atoms with E-state index in [0.29, 0.717) is 6.10 Å². The fourth-order valence-electron chi connectivity index (χ4n) is 1.51. The van der Waals surface area contributed by atoms with Gasteiger partial charge in [0.05, 0.1) is 6.10 Å². The largest absolute Gasteiger partial charge is 0.364 e. The topological polar surface area (TPSA) is 9.23 Å². The van der Waals surface area contributed by atoms with Crippen LogP contribution in [-0.2, 0) is 4.74 Å². The number of hydrogen-bond donors (Lipinski definition) is 0. The smallest absolute Gasteiger partial charge is 0.112 e. The Morgan fingerprint density at radius 1 is 1.36 bits per heavy atom. The van der Waals surface area contributed by atoms with Crippen molar-refractivity contribution < 1.29 is 4.74 Å². The van der Waals surface area contributed by atoms with Crippen LogP contribution in [0.2, 0.25) is 0 Å². The van der Waals surface area contributed by atoms with Gasteiger partial charge in [-0.2, -0.15) is 0 Å². The van der Waals surface area contributed by atoms with E-state index in [4.69, 9.17) is 4.74 Å². The minimum atomic E-state index is 0.283. The van der Waals surface area contributed by atoms with Gasteiger partial charge in [0.2, 0.25) is 0 Å². The zero-order valence-corrected chi connectivity index (χ0v) is 8.77. The van der Waals surface area contributed by atoms with E-state index in [2.05, 4.69) is 22.9 Å². The van der Waals surface area contributed by atoms with Gasteiger partial charge in [0.1, 0.15) is 5.01 Å². The van der Waals surface area contributed by atoms with Crippen molar-refractivity contribution in [2.45, 2.75) is 56.6 Å². The Morgan fingerprint density at radius 2 is 2.00 bits per heavy atom. The van der Waals surface area contributed by atoms with Crippen LogP contribution in [-0.4, -0.2) is 11.1 Å². The summed E-state index contributed by atoms with van der Waals surface area (Å²) in [6, 6.07) is 0. The van der Waals surface area contributed by atoms with Crippen molar-refractivity contribution in [2.75, 3.05) is 0 Å². The van der Waals surface area contributed by atoms with E-state index in [1.54, 1.807) is 0 Å². The van der Waals surface area contributed by atoms with E-state index in [9.17, 15) is 0 Å². The molecule has 0 bridgehead atoms. The van der Waals surface area contributed by atoms with Gasteiger partial charge < -0.3 is 4.74 Å². The van der Waals surface area contributed by atoms with Crippen molar-refractivity contribution >= 4 is 15.9 Å². The highest BCUT2D eigenvalue weighted by Gasteiger charge is 2.15. The molecule has 0 spiro atoms. The Kier molecular flexibility index (Phi) is 4.46. The van der Waals surface area contributed by atoms with Gasteiger partial charge in [-0.3, -0.25) is 0 Å². The quantitative estimate of drug-likeness (QED) is 0.663. The average molecular weight is 221 g/mol. The normalized spacial score (nSPS) is 23.5. The first kappa shape index (κ1) is 9.53. The highest BCUT2D eigenvalue weighted by molar-refractivity contribution is 9.09. The molecule has 1 fully saturated rings. The summed E-state index contributed by atoms with van der Waals surface area (Å²) < 4.78 is 5.76. The summed E-state index contributed by atoms with van der Waals surface area (Å²) in [6.45, 7) is 2.14. The van der Waals surface area contributed by atoms with Crippen LogP contribution in [0.5, 0.6) is 0 Å². The molecule has 1 unspecified atom stereocenters. The second kappa shape index (κ2) is 5.15. The lowest BCUT2D eigenvalue weighted by Gasteiger charge is -2.24. The van der Waals surface area contributed by atoms with Crippen LogP contribution >= 0.6 is 15.9 Å². The Labute approximate surface area is 77.6 Å². The molecule has 2 heteroatoms. The number of hydrogen-bond acceptors (Lipinski definition) is 1. The summed E-state index contributed by atoms with van der Waals surface area (Å²) in [7, 11) is 0. The van der Waals surface area contributed by atoms with Gasteiger partial charge in [0, 0.05) is 0 Å². The molecule has 66 valence electrons.